The molecular formula is C14H19N3O2. The van der Waals surface area contributed by atoms with Crippen LogP contribution >= 0.6 is 0 Å². The fourth-order valence-electron chi connectivity index (χ4n) is 2.43. The van der Waals surface area contributed by atoms with Gasteiger partial charge in [-0.3, -0.25) is 9.59 Å². The van der Waals surface area contributed by atoms with Crippen molar-refractivity contribution in [2.75, 3.05) is 19.6 Å². The van der Waals surface area contributed by atoms with Crippen LogP contribution in [0.25, 0.3) is 0 Å². The first-order valence-corrected chi connectivity index (χ1v) is 6.53. The molecule has 2 rings (SSSR count). The lowest BCUT2D eigenvalue weighted by molar-refractivity contribution is -0.133. The molecule has 1 fully saturated rings. The summed E-state index contributed by atoms with van der Waals surface area (Å²) in [4.78, 5) is 25.0. The third-order valence-electron chi connectivity index (χ3n) is 3.38. The van der Waals surface area contributed by atoms with Crippen molar-refractivity contribution >= 4 is 11.8 Å². The molecular weight excluding hydrogens is 242 g/mol. The molecule has 3 N–H and O–H groups in total. The maximum absolute atomic E-state index is 12.1. The first-order valence-electron chi connectivity index (χ1n) is 6.53. The van der Waals surface area contributed by atoms with Crippen molar-refractivity contribution < 1.29 is 9.59 Å². The van der Waals surface area contributed by atoms with E-state index < -0.39 is 0 Å². The van der Waals surface area contributed by atoms with Gasteiger partial charge in [-0.1, -0.05) is 30.3 Å². The average Bonchev–Trinajstić information content (AvgIpc) is 2.94. The van der Waals surface area contributed by atoms with Crippen LogP contribution in [0.15, 0.2) is 30.3 Å². The van der Waals surface area contributed by atoms with Gasteiger partial charge in [0, 0.05) is 6.54 Å². The van der Waals surface area contributed by atoms with Gasteiger partial charge in [0.25, 0.3) is 0 Å². The summed E-state index contributed by atoms with van der Waals surface area (Å²) in [5, 5.41) is 2.53. The van der Waals surface area contributed by atoms with Gasteiger partial charge in [-0.2, -0.15) is 0 Å². The third kappa shape index (κ3) is 3.32. The maximum Gasteiger partial charge on any atom is 0.242 e. The Morgan fingerprint density at radius 3 is 2.74 bits per heavy atom. The molecule has 102 valence electrons. The Morgan fingerprint density at radius 2 is 2.05 bits per heavy atom. The molecule has 1 aromatic rings. The summed E-state index contributed by atoms with van der Waals surface area (Å²) in [6.45, 7) is 0.686. The zero-order chi connectivity index (χ0) is 13.7. The number of nitrogens with zero attached hydrogens (tertiary/aromatic N) is 1. The van der Waals surface area contributed by atoms with Crippen LogP contribution in [-0.4, -0.2) is 36.3 Å². The lowest BCUT2D eigenvalue weighted by atomic mass is 10.0. The molecule has 1 atom stereocenters. The smallest absolute Gasteiger partial charge is 0.242 e. The van der Waals surface area contributed by atoms with Crippen molar-refractivity contribution in [1.82, 2.24) is 10.2 Å². The zero-order valence-corrected chi connectivity index (χ0v) is 10.8. The van der Waals surface area contributed by atoms with Crippen molar-refractivity contribution in [2.24, 2.45) is 5.73 Å². The zero-order valence-electron chi connectivity index (χ0n) is 10.8. The van der Waals surface area contributed by atoms with Crippen LogP contribution < -0.4 is 11.1 Å². The van der Waals surface area contributed by atoms with Gasteiger partial charge in [-0.25, -0.2) is 0 Å². The van der Waals surface area contributed by atoms with Crippen LogP contribution in [0.5, 0.6) is 0 Å². The van der Waals surface area contributed by atoms with Crippen molar-refractivity contribution in [1.29, 1.82) is 0 Å². The van der Waals surface area contributed by atoms with Crippen molar-refractivity contribution in [2.45, 2.75) is 18.9 Å². The summed E-state index contributed by atoms with van der Waals surface area (Å²) in [7, 11) is 0. The number of benzene rings is 1. The fourth-order valence-corrected chi connectivity index (χ4v) is 2.43. The SMILES string of the molecule is NCC(=O)NCC(=O)N1CCCC1c1ccccc1. The molecule has 2 amide bonds. The molecule has 1 aliphatic rings. The van der Waals surface area contributed by atoms with Gasteiger partial charge in [-0.15, -0.1) is 0 Å². The summed E-state index contributed by atoms with van der Waals surface area (Å²) >= 11 is 0. The number of likely N-dealkylation sites (tertiary alicyclic amines) is 1. The number of nitrogens with two attached hydrogens (primary N) is 1. The number of carbonyl (C=O) groups excluding carboxylic acids is 2. The van der Waals surface area contributed by atoms with Crippen molar-refractivity contribution in [3.8, 4) is 0 Å². The highest BCUT2D eigenvalue weighted by Gasteiger charge is 2.29. The van der Waals surface area contributed by atoms with Gasteiger partial charge in [0.05, 0.1) is 19.1 Å². The number of amides is 2. The first kappa shape index (κ1) is 13.5. The quantitative estimate of drug-likeness (QED) is 0.825. The Kier molecular flexibility index (Phi) is 4.52. The molecule has 1 aromatic carbocycles. The van der Waals surface area contributed by atoms with Crippen molar-refractivity contribution in [3.63, 3.8) is 0 Å². The second kappa shape index (κ2) is 6.33. The van der Waals surface area contributed by atoms with E-state index >= 15 is 0 Å². The van der Waals surface area contributed by atoms with E-state index in [1.54, 1.807) is 0 Å². The van der Waals surface area contributed by atoms with Gasteiger partial charge < -0.3 is 16.0 Å². The minimum Gasteiger partial charge on any atom is -0.346 e. The van der Waals surface area contributed by atoms with Crippen LogP contribution in [-0.2, 0) is 9.59 Å². The van der Waals surface area contributed by atoms with Crippen LogP contribution in [0, 0.1) is 0 Å². The second-order valence-corrected chi connectivity index (χ2v) is 4.64. The highest BCUT2D eigenvalue weighted by Crippen LogP contribution is 2.31. The molecule has 0 radical (unpaired) electrons. The highest BCUT2D eigenvalue weighted by molar-refractivity contribution is 5.85. The molecule has 1 saturated heterocycles. The normalized spacial score (nSPS) is 18.4. The van der Waals surface area contributed by atoms with Gasteiger partial charge in [-0.05, 0) is 18.4 Å². The molecule has 0 spiro atoms. The van der Waals surface area contributed by atoms with E-state index in [2.05, 4.69) is 5.32 Å². The predicted molar refractivity (Wildman–Crippen MR) is 72.2 cm³/mol. The molecule has 19 heavy (non-hydrogen) atoms. The summed E-state index contributed by atoms with van der Waals surface area (Å²) < 4.78 is 0. The molecule has 0 bridgehead atoms. The molecule has 0 saturated carbocycles. The third-order valence-corrected chi connectivity index (χ3v) is 3.38. The largest absolute Gasteiger partial charge is 0.346 e. The van der Waals surface area contributed by atoms with Crippen LogP contribution in [0.3, 0.4) is 0 Å². The monoisotopic (exact) mass is 261 g/mol. The fraction of sp³-hybridized carbons (Fsp3) is 0.429. The van der Waals surface area contributed by atoms with Gasteiger partial charge in [0.15, 0.2) is 0 Å². The molecule has 1 aliphatic heterocycles. The molecule has 0 aliphatic carbocycles. The van der Waals surface area contributed by atoms with Crippen LogP contribution in [0.4, 0.5) is 0 Å². The second-order valence-electron chi connectivity index (χ2n) is 4.64. The van der Waals surface area contributed by atoms with E-state index in [1.165, 1.54) is 0 Å². The van der Waals surface area contributed by atoms with Gasteiger partial charge in [0.2, 0.25) is 11.8 Å². The Balaban J connectivity index is 1.99. The topological polar surface area (TPSA) is 75.4 Å². The maximum atomic E-state index is 12.1. The van der Waals surface area contributed by atoms with E-state index in [1.807, 2.05) is 35.2 Å². The van der Waals surface area contributed by atoms with Crippen LogP contribution in [0.1, 0.15) is 24.4 Å². The van der Waals surface area contributed by atoms with E-state index in [0.29, 0.717) is 0 Å². The summed E-state index contributed by atoms with van der Waals surface area (Å²) in [6.07, 6.45) is 1.97. The average molecular weight is 261 g/mol. The number of nitrogens with one attached hydrogen (secondary N) is 1. The van der Waals surface area contributed by atoms with E-state index in [-0.39, 0.29) is 30.9 Å². The Labute approximate surface area is 112 Å². The molecule has 1 heterocycles. The summed E-state index contributed by atoms with van der Waals surface area (Å²) in [5.41, 5.74) is 6.34. The first-order chi connectivity index (χ1) is 9.22. The standard InChI is InChI=1S/C14H19N3O2/c15-9-13(18)16-10-14(19)17-8-4-7-12(17)11-5-2-1-3-6-11/h1-3,5-6,12H,4,7-10,15H2,(H,16,18). The van der Waals surface area contributed by atoms with Crippen LogP contribution in [0.2, 0.25) is 0 Å². The Morgan fingerprint density at radius 1 is 1.32 bits per heavy atom. The molecule has 5 heteroatoms. The van der Waals surface area contributed by atoms with E-state index in [9.17, 15) is 9.59 Å². The van der Waals surface area contributed by atoms with Crippen molar-refractivity contribution in [3.05, 3.63) is 35.9 Å². The lowest BCUT2D eigenvalue weighted by Gasteiger charge is -2.25. The predicted octanol–water partition coefficient (Wildman–Crippen LogP) is 0.425. The van der Waals surface area contributed by atoms with Gasteiger partial charge in [0.1, 0.15) is 0 Å². The minimum atomic E-state index is -0.302. The highest BCUT2D eigenvalue weighted by atomic mass is 16.2. The van der Waals surface area contributed by atoms with E-state index in [4.69, 9.17) is 5.73 Å². The molecule has 1 unspecified atom stereocenters. The van der Waals surface area contributed by atoms with E-state index in [0.717, 1.165) is 24.9 Å². The number of hydrogen-bond acceptors (Lipinski definition) is 3. The lowest BCUT2D eigenvalue weighted by Crippen LogP contribution is -2.41. The summed E-state index contributed by atoms with van der Waals surface area (Å²) in [5.74, 6) is -0.350. The number of carbonyl (C=O) groups is 2. The minimum absolute atomic E-state index is 0.0271. The number of hydrogen-bond donors (Lipinski definition) is 2. The van der Waals surface area contributed by atoms with Gasteiger partial charge >= 0.3 is 0 Å². The number of rotatable bonds is 4. The Hall–Kier alpha value is -1.88. The summed E-state index contributed by atoms with van der Waals surface area (Å²) in [6, 6.07) is 10.1. The Bertz CT molecular complexity index is 447. The molecule has 5 nitrogen and oxygen atoms in total. The molecule has 0 aromatic heterocycles.